The topological polar surface area (TPSA) is 64.6 Å². The summed E-state index contributed by atoms with van der Waals surface area (Å²) in [7, 11) is 0. The van der Waals surface area contributed by atoms with Gasteiger partial charge in [-0.2, -0.15) is 0 Å². The molecule has 22 heavy (non-hydrogen) atoms. The molecule has 2 rings (SSSR count). The lowest BCUT2D eigenvalue weighted by Gasteiger charge is -2.30. The normalized spacial score (nSPS) is 22.7. The van der Waals surface area contributed by atoms with Crippen LogP contribution in [0, 0.1) is 0 Å². The maximum atomic E-state index is 12.2. The van der Waals surface area contributed by atoms with Crippen molar-refractivity contribution in [1.82, 2.24) is 15.5 Å². The fourth-order valence-electron chi connectivity index (χ4n) is 3.03. The maximum Gasteiger partial charge on any atom is 0.237 e. The summed E-state index contributed by atoms with van der Waals surface area (Å²) < 4.78 is 0. The number of aliphatic hydroxyl groups excluding tert-OH is 1. The van der Waals surface area contributed by atoms with Gasteiger partial charge in [0.2, 0.25) is 5.91 Å². The number of benzene rings is 1. The van der Waals surface area contributed by atoms with Gasteiger partial charge in [-0.15, -0.1) is 0 Å². The first-order valence-electron chi connectivity index (χ1n) is 8.13. The van der Waals surface area contributed by atoms with Crippen molar-refractivity contribution in [3.05, 3.63) is 35.9 Å². The Kier molecular flexibility index (Phi) is 6.36. The molecule has 122 valence electrons. The van der Waals surface area contributed by atoms with E-state index in [2.05, 4.69) is 41.5 Å². The maximum absolute atomic E-state index is 12.2. The smallest absolute Gasteiger partial charge is 0.237 e. The summed E-state index contributed by atoms with van der Waals surface area (Å²) in [6.45, 7) is 7.22. The van der Waals surface area contributed by atoms with Crippen LogP contribution in [0.4, 0.5) is 0 Å². The van der Waals surface area contributed by atoms with E-state index < -0.39 is 6.10 Å². The summed E-state index contributed by atoms with van der Waals surface area (Å²) in [5.74, 6) is -0.0235. The molecule has 3 atom stereocenters. The molecule has 1 saturated heterocycles. The van der Waals surface area contributed by atoms with Crippen LogP contribution in [-0.4, -0.2) is 54.2 Å². The molecule has 0 aliphatic carbocycles. The van der Waals surface area contributed by atoms with Gasteiger partial charge in [0, 0.05) is 13.1 Å². The van der Waals surface area contributed by atoms with Gasteiger partial charge >= 0.3 is 0 Å². The fraction of sp³-hybridized carbons (Fsp3) is 0.588. The van der Waals surface area contributed by atoms with Crippen LogP contribution in [0.5, 0.6) is 0 Å². The summed E-state index contributed by atoms with van der Waals surface area (Å²) in [4.78, 5) is 14.6. The number of nitrogens with one attached hydrogen (secondary N) is 2. The zero-order valence-electron chi connectivity index (χ0n) is 13.5. The lowest BCUT2D eigenvalue weighted by molar-refractivity contribution is -0.123. The third-order valence-corrected chi connectivity index (χ3v) is 4.33. The summed E-state index contributed by atoms with van der Waals surface area (Å²) in [5.41, 5.74) is 1.21. The first-order valence-corrected chi connectivity index (χ1v) is 8.13. The molecule has 1 aliphatic heterocycles. The van der Waals surface area contributed by atoms with Crippen LogP contribution in [-0.2, 0) is 4.79 Å². The van der Waals surface area contributed by atoms with Crippen molar-refractivity contribution in [1.29, 1.82) is 0 Å². The van der Waals surface area contributed by atoms with Gasteiger partial charge in [0.05, 0.1) is 18.2 Å². The van der Waals surface area contributed by atoms with Crippen LogP contribution in [0.2, 0.25) is 0 Å². The van der Waals surface area contributed by atoms with E-state index in [-0.39, 0.29) is 18.0 Å². The van der Waals surface area contributed by atoms with Crippen LogP contribution in [0.15, 0.2) is 30.3 Å². The van der Waals surface area contributed by atoms with E-state index in [0.29, 0.717) is 19.5 Å². The zero-order chi connectivity index (χ0) is 15.9. The summed E-state index contributed by atoms with van der Waals surface area (Å²) >= 11 is 0. The second kappa shape index (κ2) is 8.27. The molecule has 3 unspecified atom stereocenters. The van der Waals surface area contributed by atoms with E-state index in [4.69, 9.17) is 0 Å². The van der Waals surface area contributed by atoms with Crippen LogP contribution >= 0.6 is 0 Å². The highest BCUT2D eigenvalue weighted by Gasteiger charge is 2.28. The highest BCUT2D eigenvalue weighted by molar-refractivity contribution is 5.82. The van der Waals surface area contributed by atoms with E-state index in [1.165, 1.54) is 5.56 Å². The third-order valence-electron chi connectivity index (χ3n) is 4.33. The van der Waals surface area contributed by atoms with Crippen molar-refractivity contribution < 1.29 is 9.90 Å². The number of aliphatic hydroxyl groups is 1. The Morgan fingerprint density at radius 2 is 2.05 bits per heavy atom. The standard InChI is InChI=1S/C17H27N3O2/c1-3-20(4-2)16(13-8-6-5-7-9-13)12-19-17(22)15-10-14(21)11-18-15/h5-9,14-16,18,21H,3-4,10-12H2,1-2H3,(H,19,22). The number of carbonyl (C=O) groups excluding carboxylic acids is 1. The average Bonchev–Trinajstić information content (AvgIpc) is 2.98. The van der Waals surface area contributed by atoms with Gasteiger partial charge in [0.1, 0.15) is 0 Å². The minimum atomic E-state index is -0.413. The molecule has 3 N–H and O–H groups in total. The molecular weight excluding hydrogens is 278 g/mol. The molecule has 1 amide bonds. The van der Waals surface area contributed by atoms with Crippen LogP contribution in [0.3, 0.4) is 0 Å². The van der Waals surface area contributed by atoms with Gasteiger partial charge in [-0.25, -0.2) is 0 Å². The predicted octanol–water partition coefficient (Wildman–Crippen LogP) is 0.909. The van der Waals surface area contributed by atoms with Gasteiger partial charge in [0.25, 0.3) is 0 Å². The first-order chi connectivity index (χ1) is 10.7. The Hall–Kier alpha value is -1.43. The van der Waals surface area contributed by atoms with Crippen molar-refractivity contribution in [2.45, 2.75) is 38.5 Å². The number of likely N-dealkylation sites (N-methyl/N-ethyl adjacent to an activating group) is 1. The molecule has 5 heteroatoms. The number of hydrogen-bond acceptors (Lipinski definition) is 4. The van der Waals surface area contributed by atoms with Crippen molar-refractivity contribution in [3.8, 4) is 0 Å². The van der Waals surface area contributed by atoms with Crippen molar-refractivity contribution in [2.75, 3.05) is 26.2 Å². The first kappa shape index (κ1) is 16.9. The molecule has 1 heterocycles. The Labute approximate surface area is 132 Å². The molecule has 0 radical (unpaired) electrons. The van der Waals surface area contributed by atoms with Crippen LogP contribution < -0.4 is 10.6 Å². The Bertz CT molecular complexity index is 462. The fourth-order valence-corrected chi connectivity index (χ4v) is 3.03. The molecule has 0 aromatic heterocycles. The lowest BCUT2D eigenvalue weighted by atomic mass is 10.0. The molecule has 0 saturated carbocycles. The molecule has 1 aromatic rings. The highest BCUT2D eigenvalue weighted by Crippen LogP contribution is 2.19. The Morgan fingerprint density at radius 3 is 2.59 bits per heavy atom. The van der Waals surface area contributed by atoms with E-state index in [9.17, 15) is 9.90 Å². The number of nitrogens with zero attached hydrogens (tertiary/aromatic N) is 1. The van der Waals surface area contributed by atoms with E-state index >= 15 is 0 Å². The predicted molar refractivity (Wildman–Crippen MR) is 87.5 cm³/mol. The van der Waals surface area contributed by atoms with E-state index in [1.807, 2.05) is 18.2 Å². The van der Waals surface area contributed by atoms with Gasteiger partial charge in [0.15, 0.2) is 0 Å². The number of carbonyl (C=O) groups is 1. The Morgan fingerprint density at radius 1 is 1.36 bits per heavy atom. The summed E-state index contributed by atoms with van der Waals surface area (Å²) in [6.07, 6.45) is 0.0797. The number of β-amino-alcohol motifs (C(OH)–C–C–N with tert-alkyl or cyclic N) is 1. The SMILES string of the molecule is CCN(CC)C(CNC(=O)C1CC(O)CN1)c1ccccc1. The summed E-state index contributed by atoms with van der Waals surface area (Å²) in [5, 5.41) is 15.6. The van der Waals surface area contributed by atoms with Crippen molar-refractivity contribution in [3.63, 3.8) is 0 Å². The number of amides is 1. The second-order valence-electron chi connectivity index (χ2n) is 5.74. The van der Waals surface area contributed by atoms with Crippen LogP contribution in [0.1, 0.15) is 31.9 Å². The largest absolute Gasteiger partial charge is 0.392 e. The number of hydrogen-bond donors (Lipinski definition) is 3. The zero-order valence-corrected chi connectivity index (χ0v) is 13.5. The van der Waals surface area contributed by atoms with E-state index in [1.54, 1.807) is 0 Å². The van der Waals surface area contributed by atoms with Gasteiger partial charge in [-0.1, -0.05) is 44.2 Å². The van der Waals surface area contributed by atoms with Crippen molar-refractivity contribution >= 4 is 5.91 Å². The van der Waals surface area contributed by atoms with Gasteiger partial charge in [-0.05, 0) is 25.1 Å². The van der Waals surface area contributed by atoms with E-state index in [0.717, 1.165) is 13.1 Å². The van der Waals surface area contributed by atoms with Gasteiger partial charge < -0.3 is 15.7 Å². The lowest BCUT2D eigenvalue weighted by Crippen LogP contribution is -2.44. The minimum Gasteiger partial charge on any atom is -0.392 e. The number of rotatable bonds is 7. The molecule has 1 fully saturated rings. The molecule has 1 aromatic carbocycles. The second-order valence-corrected chi connectivity index (χ2v) is 5.74. The Balaban J connectivity index is 1.99. The summed E-state index contributed by atoms with van der Waals surface area (Å²) in [6, 6.07) is 10.2. The van der Waals surface area contributed by atoms with Gasteiger partial charge in [-0.3, -0.25) is 9.69 Å². The minimum absolute atomic E-state index is 0.0235. The molecule has 1 aliphatic rings. The third kappa shape index (κ3) is 4.29. The van der Waals surface area contributed by atoms with Crippen LogP contribution in [0.25, 0.3) is 0 Å². The molecule has 5 nitrogen and oxygen atoms in total. The quantitative estimate of drug-likeness (QED) is 0.700. The molecule has 0 bridgehead atoms. The van der Waals surface area contributed by atoms with Crippen molar-refractivity contribution in [2.24, 2.45) is 0 Å². The average molecular weight is 305 g/mol. The highest BCUT2D eigenvalue weighted by atomic mass is 16.3. The molecular formula is C17H27N3O2. The molecule has 0 spiro atoms. The monoisotopic (exact) mass is 305 g/mol.